The van der Waals surface area contributed by atoms with Gasteiger partial charge in [-0.2, -0.15) is 5.10 Å². The quantitative estimate of drug-likeness (QED) is 0.662. The minimum absolute atomic E-state index is 0.259. The zero-order chi connectivity index (χ0) is 13.0. The molecule has 0 bridgehead atoms. The van der Waals surface area contributed by atoms with Crippen LogP contribution >= 0.6 is 15.9 Å². The van der Waals surface area contributed by atoms with Crippen molar-refractivity contribution in [1.82, 2.24) is 0 Å². The van der Waals surface area contributed by atoms with E-state index in [1.54, 1.807) is 18.3 Å². The maximum Gasteiger partial charge on any atom is 0.123 e. The first-order valence-corrected chi connectivity index (χ1v) is 6.25. The van der Waals surface area contributed by atoms with Gasteiger partial charge in [-0.1, -0.05) is 28.1 Å². The Hall–Kier alpha value is -1.68. The van der Waals surface area contributed by atoms with E-state index in [1.165, 1.54) is 17.7 Å². The van der Waals surface area contributed by atoms with Crippen LogP contribution in [0.25, 0.3) is 0 Å². The summed E-state index contributed by atoms with van der Waals surface area (Å²) in [5, 5.41) is 4.10. The van der Waals surface area contributed by atoms with Gasteiger partial charge in [-0.3, -0.25) is 5.43 Å². The van der Waals surface area contributed by atoms with E-state index in [9.17, 15) is 4.39 Å². The van der Waals surface area contributed by atoms with Gasteiger partial charge in [-0.05, 0) is 42.8 Å². The Morgan fingerprint density at radius 3 is 2.56 bits per heavy atom. The number of halogens is 2. The van der Waals surface area contributed by atoms with Crippen LogP contribution < -0.4 is 5.43 Å². The maximum atomic E-state index is 12.7. The van der Waals surface area contributed by atoms with E-state index in [1.807, 2.05) is 25.1 Å². The lowest BCUT2D eigenvalue weighted by Crippen LogP contribution is -1.91. The fraction of sp³-hybridized carbons (Fsp3) is 0.0714. The molecule has 1 N–H and O–H groups in total. The molecule has 0 unspecified atom stereocenters. The SMILES string of the molecule is Cc1ccc(C=NNc2ccc(F)cc2)c(Br)c1. The van der Waals surface area contributed by atoms with E-state index in [4.69, 9.17) is 0 Å². The van der Waals surface area contributed by atoms with Crippen LogP contribution in [0.5, 0.6) is 0 Å². The van der Waals surface area contributed by atoms with Crippen molar-refractivity contribution in [3.8, 4) is 0 Å². The second-order valence-corrected chi connectivity index (χ2v) is 4.76. The van der Waals surface area contributed by atoms with E-state index in [0.717, 1.165) is 15.7 Å². The lowest BCUT2D eigenvalue weighted by molar-refractivity contribution is 0.628. The molecule has 0 aromatic heterocycles. The van der Waals surface area contributed by atoms with Crippen molar-refractivity contribution in [3.63, 3.8) is 0 Å². The maximum absolute atomic E-state index is 12.7. The van der Waals surface area contributed by atoms with Gasteiger partial charge in [-0.25, -0.2) is 4.39 Å². The summed E-state index contributed by atoms with van der Waals surface area (Å²) < 4.78 is 13.7. The average molecular weight is 307 g/mol. The number of hydrazone groups is 1. The topological polar surface area (TPSA) is 24.4 Å². The highest BCUT2D eigenvalue weighted by atomic mass is 79.9. The molecule has 92 valence electrons. The molecule has 18 heavy (non-hydrogen) atoms. The Kier molecular flexibility index (Phi) is 4.10. The number of hydrogen-bond donors (Lipinski definition) is 1. The number of nitrogens with one attached hydrogen (secondary N) is 1. The Balaban J connectivity index is 2.05. The van der Waals surface area contributed by atoms with Gasteiger partial charge >= 0.3 is 0 Å². The molecule has 0 amide bonds. The van der Waals surface area contributed by atoms with E-state index in [-0.39, 0.29) is 5.82 Å². The lowest BCUT2D eigenvalue weighted by atomic mass is 10.2. The average Bonchev–Trinajstić information content (AvgIpc) is 2.34. The van der Waals surface area contributed by atoms with Crippen LogP contribution in [0.4, 0.5) is 10.1 Å². The Morgan fingerprint density at radius 1 is 1.17 bits per heavy atom. The molecule has 0 saturated carbocycles. The number of hydrogen-bond acceptors (Lipinski definition) is 2. The minimum atomic E-state index is -0.259. The predicted molar refractivity (Wildman–Crippen MR) is 76.5 cm³/mol. The second-order valence-electron chi connectivity index (χ2n) is 3.90. The summed E-state index contributed by atoms with van der Waals surface area (Å²) in [6.07, 6.45) is 1.72. The molecular weight excluding hydrogens is 295 g/mol. The molecule has 4 heteroatoms. The first kappa shape index (κ1) is 12.8. The van der Waals surface area contributed by atoms with Crippen molar-refractivity contribution < 1.29 is 4.39 Å². The molecule has 0 spiro atoms. The van der Waals surface area contributed by atoms with E-state index in [2.05, 4.69) is 26.5 Å². The third-order valence-electron chi connectivity index (χ3n) is 2.40. The fourth-order valence-corrected chi connectivity index (χ4v) is 2.03. The predicted octanol–water partition coefficient (Wildman–Crippen LogP) is 4.34. The molecule has 2 aromatic rings. The molecule has 0 aliphatic carbocycles. The number of anilines is 1. The minimum Gasteiger partial charge on any atom is -0.279 e. The van der Waals surface area contributed by atoms with Crippen LogP contribution in [0.15, 0.2) is 52.0 Å². The molecule has 0 atom stereocenters. The monoisotopic (exact) mass is 306 g/mol. The van der Waals surface area contributed by atoms with Gasteiger partial charge in [-0.15, -0.1) is 0 Å². The normalized spacial score (nSPS) is 10.8. The van der Waals surface area contributed by atoms with Crippen LogP contribution in [-0.2, 0) is 0 Å². The Morgan fingerprint density at radius 2 is 1.89 bits per heavy atom. The molecule has 2 rings (SSSR count). The molecule has 0 fully saturated rings. The van der Waals surface area contributed by atoms with Crippen LogP contribution in [0.2, 0.25) is 0 Å². The number of aryl methyl sites for hydroxylation is 1. The summed E-state index contributed by atoms with van der Waals surface area (Å²) in [5.41, 5.74) is 5.76. The largest absolute Gasteiger partial charge is 0.279 e. The number of benzene rings is 2. The van der Waals surface area contributed by atoms with Gasteiger partial charge in [0.05, 0.1) is 11.9 Å². The van der Waals surface area contributed by atoms with Crippen LogP contribution in [-0.4, -0.2) is 6.21 Å². The summed E-state index contributed by atoms with van der Waals surface area (Å²) in [6.45, 7) is 2.03. The van der Waals surface area contributed by atoms with Crippen molar-refractivity contribution in [3.05, 3.63) is 63.9 Å². The lowest BCUT2D eigenvalue weighted by Gasteiger charge is -2.01. The van der Waals surface area contributed by atoms with Gasteiger partial charge in [0.25, 0.3) is 0 Å². The van der Waals surface area contributed by atoms with Gasteiger partial charge in [0.15, 0.2) is 0 Å². The number of nitrogens with zero attached hydrogens (tertiary/aromatic N) is 1. The molecule has 2 nitrogen and oxygen atoms in total. The molecular formula is C14H12BrFN2. The number of rotatable bonds is 3. The van der Waals surface area contributed by atoms with Gasteiger partial charge in [0.1, 0.15) is 5.82 Å². The second kappa shape index (κ2) is 5.78. The summed E-state index contributed by atoms with van der Waals surface area (Å²) >= 11 is 3.47. The third-order valence-corrected chi connectivity index (χ3v) is 3.08. The summed E-state index contributed by atoms with van der Waals surface area (Å²) in [6, 6.07) is 12.1. The van der Waals surface area contributed by atoms with Crippen molar-refractivity contribution >= 4 is 27.8 Å². The zero-order valence-corrected chi connectivity index (χ0v) is 11.4. The Labute approximate surface area is 114 Å². The molecule has 0 saturated heterocycles. The highest BCUT2D eigenvalue weighted by Gasteiger charge is 1.96. The van der Waals surface area contributed by atoms with E-state index >= 15 is 0 Å². The van der Waals surface area contributed by atoms with Crippen molar-refractivity contribution in [2.24, 2.45) is 5.10 Å². The zero-order valence-electron chi connectivity index (χ0n) is 9.82. The van der Waals surface area contributed by atoms with Gasteiger partial charge in [0, 0.05) is 10.0 Å². The van der Waals surface area contributed by atoms with Gasteiger partial charge < -0.3 is 0 Å². The van der Waals surface area contributed by atoms with Crippen LogP contribution in [0.1, 0.15) is 11.1 Å². The van der Waals surface area contributed by atoms with E-state index in [0.29, 0.717) is 0 Å². The van der Waals surface area contributed by atoms with Crippen molar-refractivity contribution in [1.29, 1.82) is 0 Å². The summed E-state index contributed by atoms with van der Waals surface area (Å²) in [5.74, 6) is -0.259. The van der Waals surface area contributed by atoms with E-state index < -0.39 is 0 Å². The van der Waals surface area contributed by atoms with Crippen LogP contribution in [0.3, 0.4) is 0 Å². The first-order chi connectivity index (χ1) is 8.65. The first-order valence-electron chi connectivity index (χ1n) is 5.46. The van der Waals surface area contributed by atoms with Gasteiger partial charge in [0.2, 0.25) is 0 Å². The molecule has 0 radical (unpaired) electrons. The van der Waals surface area contributed by atoms with Crippen LogP contribution in [0, 0.1) is 12.7 Å². The molecule has 0 aliphatic rings. The van der Waals surface area contributed by atoms with Crippen molar-refractivity contribution in [2.45, 2.75) is 6.92 Å². The summed E-state index contributed by atoms with van der Waals surface area (Å²) in [4.78, 5) is 0. The smallest absolute Gasteiger partial charge is 0.123 e. The summed E-state index contributed by atoms with van der Waals surface area (Å²) in [7, 11) is 0. The highest BCUT2D eigenvalue weighted by Crippen LogP contribution is 2.16. The fourth-order valence-electron chi connectivity index (χ4n) is 1.44. The molecule has 0 heterocycles. The standard InChI is InChI=1S/C14H12BrFN2/c1-10-2-3-11(14(15)8-10)9-17-18-13-6-4-12(16)5-7-13/h2-9,18H,1H3. The Bertz CT molecular complexity index is 565. The van der Waals surface area contributed by atoms with Crippen molar-refractivity contribution in [2.75, 3.05) is 5.43 Å². The third kappa shape index (κ3) is 3.40. The highest BCUT2D eigenvalue weighted by molar-refractivity contribution is 9.10. The molecule has 2 aromatic carbocycles. The molecule has 0 aliphatic heterocycles.